The molecule has 0 atom stereocenters. The van der Waals surface area contributed by atoms with Gasteiger partial charge in [0.2, 0.25) is 10.0 Å². The highest BCUT2D eigenvalue weighted by Gasteiger charge is 2.19. The van der Waals surface area contributed by atoms with E-state index < -0.39 is 27.4 Å². The number of sulfonamides is 1. The normalized spacial score (nSPS) is 11.9. The van der Waals surface area contributed by atoms with Gasteiger partial charge >= 0.3 is 5.97 Å². The van der Waals surface area contributed by atoms with Crippen LogP contribution in [0.15, 0.2) is 58.4 Å². The zero-order valence-corrected chi connectivity index (χ0v) is 15.5. The first-order valence-electron chi connectivity index (χ1n) is 8.41. The summed E-state index contributed by atoms with van der Waals surface area (Å²) in [5.41, 5.74) is 0.280. The second kappa shape index (κ2) is 6.83. The molecule has 0 aliphatic carbocycles. The molecule has 0 radical (unpaired) electrons. The Kier molecular flexibility index (Phi) is 4.44. The molecule has 0 saturated carbocycles. The minimum atomic E-state index is -3.95. The molecule has 0 amide bonds. The van der Waals surface area contributed by atoms with Crippen LogP contribution in [0, 0.1) is 5.82 Å². The fraction of sp³-hybridized carbons (Fsp3) is 0.0526. The van der Waals surface area contributed by atoms with Crippen LogP contribution in [0.3, 0.4) is 0 Å². The van der Waals surface area contributed by atoms with Crippen LogP contribution < -0.4 is 10.3 Å². The largest absolute Gasteiger partial charge is 0.478 e. The molecule has 0 fully saturated rings. The van der Waals surface area contributed by atoms with E-state index in [0.717, 1.165) is 0 Å². The van der Waals surface area contributed by atoms with Crippen LogP contribution in [0.5, 0.6) is 0 Å². The van der Waals surface area contributed by atoms with Crippen molar-refractivity contribution in [3.8, 4) is 0 Å². The summed E-state index contributed by atoms with van der Waals surface area (Å²) in [5.74, 6) is -1.67. The first-order chi connectivity index (χ1) is 13.8. The maximum Gasteiger partial charge on any atom is 0.337 e. The van der Waals surface area contributed by atoms with Crippen molar-refractivity contribution in [3.63, 3.8) is 0 Å². The second-order valence-electron chi connectivity index (χ2n) is 6.37. The van der Waals surface area contributed by atoms with Gasteiger partial charge < -0.3 is 15.1 Å². The van der Waals surface area contributed by atoms with Crippen molar-refractivity contribution in [2.45, 2.75) is 11.4 Å². The van der Waals surface area contributed by atoms with Crippen LogP contribution in [0.1, 0.15) is 15.9 Å². The number of pyridine rings is 1. The molecule has 29 heavy (non-hydrogen) atoms. The van der Waals surface area contributed by atoms with Gasteiger partial charge in [0.05, 0.1) is 10.5 Å². The molecule has 2 aromatic carbocycles. The molecule has 8 nitrogen and oxygen atoms in total. The van der Waals surface area contributed by atoms with Crippen LogP contribution in [0.4, 0.5) is 4.39 Å². The predicted octanol–water partition coefficient (Wildman–Crippen LogP) is 2.33. The molecule has 4 N–H and O–H groups in total. The minimum Gasteiger partial charge on any atom is -0.478 e. The lowest BCUT2D eigenvalue weighted by Crippen LogP contribution is -2.23. The third-order valence-corrected chi connectivity index (χ3v) is 5.94. The molecule has 0 aliphatic heterocycles. The Morgan fingerprint density at radius 2 is 1.86 bits per heavy atom. The quantitative estimate of drug-likeness (QED) is 0.397. The molecular formula is C19H14FN3O5S. The molecule has 0 saturated heterocycles. The molecule has 148 valence electrons. The highest BCUT2D eigenvalue weighted by Crippen LogP contribution is 2.27. The van der Waals surface area contributed by atoms with Gasteiger partial charge in [-0.2, -0.15) is 0 Å². The fourth-order valence-electron chi connectivity index (χ4n) is 3.11. The third kappa shape index (κ3) is 3.39. The Bertz CT molecular complexity index is 1420. The first kappa shape index (κ1) is 18.8. The number of carboxylic acids is 1. The van der Waals surface area contributed by atoms with Crippen LogP contribution in [0.25, 0.3) is 21.8 Å². The number of aromatic carboxylic acids is 1. The van der Waals surface area contributed by atoms with Crippen molar-refractivity contribution in [1.82, 2.24) is 14.7 Å². The van der Waals surface area contributed by atoms with Gasteiger partial charge in [-0.1, -0.05) is 12.1 Å². The minimum absolute atomic E-state index is 0.0451. The van der Waals surface area contributed by atoms with E-state index in [0.29, 0.717) is 11.1 Å². The van der Waals surface area contributed by atoms with Crippen molar-refractivity contribution < 1.29 is 22.7 Å². The number of hydrogen-bond donors (Lipinski definition) is 4. The number of halogens is 1. The van der Waals surface area contributed by atoms with E-state index in [1.54, 1.807) is 0 Å². The number of nitrogens with one attached hydrogen (secondary N) is 3. The number of carbonyl (C=O) groups is 1. The van der Waals surface area contributed by atoms with Gasteiger partial charge in [0.1, 0.15) is 11.3 Å². The van der Waals surface area contributed by atoms with Crippen LogP contribution in [0.2, 0.25) is 0 Å². The number of aromatic nitrogens is 2. The average Bonchev–Trinajstić information content (AvgIpc) is 3.14. The molecule has 0 spiro atoms. The first-order valence-corrected chi connectivity index (χ1v) is 9.89. The molecule has 4 aromatic rings. The second-order valence-corrected chi connectivity index (χ2v) is 8.14. The zero-order chi connectivity index (χ0) is 20.8. The lowest BCUT2D eigenvalue weighted by atomic mass is 10.1. The molecule has 2 heterocycles. The number of H-pyrrole nitrogens is 2. The number of hydrogen-bond acceptors (Lipinski definition) is 4. The summed E-state index contributed by atoms with van der Waals surface area (Å²) in [6.07, 6.45) is 1.19. The van der Waals surface area contributed by atoms with Crippen molar-refractivity contribution >= 4 is 37.8 Å². The van der Waals surface area contributed by atoms with E-state index in [1.807, 2.05) is 0 Å². The molecule has 2 aromatic heterocycles. The lowest BCUT2D eigenvalue weighted by Gasteiger charge is -2.09. The topological polar surface area (TPSA) is 132 Å². The van der Waals surface area contributed by atoms with Crippen molar-refractivity contribution in [2.75, 3.05) is 0 Å². The van der Waals surface area contributed by atoms with E-state index in [-0.39, 0.29) is 33.3 Å². The summed E-state index contributed by atoms with van der Waals surface area (Å²) in [6.45, 7) is -0.0494. The molecule has 0 aliphatic rings. The number of benzene rings is 2. The number of carboxylic acid groups (broad SMARTS) is 1. The van der Waals surface area contributed by atoms with Gasteiger partial charge in [0.15, 0.2) is 0 Å². The lowest BCUT2D eigenvalue weighted by molar-refractivity contribution is 0.0699. The molecule has 4 rings (SSSR count). The Hall–Kier alpha value is -3.50. The summed E-state index contributed by atoms with van der Waals surface area (Å²) in [5, 5.41) is 9.80. The molecule has 0 bridgehead atoms. The van der Waals surface area contributed by atoms with Crippen molar-refractivity contribution in [3.05, 3.63) is 76.0 Å². The summed E-state index contributed by atoms with van der Waals surface area (Å²) in [6, 6.07) is 9.40. The van der Waals surface area contributed by atoms with Gasteiger partial charge in [-0.3, -0.25) is 4.79 Å². The van der Waals surface area contributed by atoms with Gasteiger partial charge in [-0.25, -0.2) is 22.3 Å². The Morgan fingerprint density at radius 1 is 1.14 bits per heavy atom. The predicted molar refractivity (Wildman–Crippen MR) is 104 cm³/mol. The van der Waals surface area contributed by atoms with Crippen LogP contribution in [-0.2, 0) is 16.6 Å². The molecule has 0 unspecified atom stereocenters. The van der Waals surface area contributed by atoms with Crippen molar-refractivity contribution in [2.24, 2.45) is 0 Å². The summed E-state index contributed by atoms with van der Waals surface area (Å²) in [7, 11) is -3.95. The maximum atomic E-state index is 13.0. The van der Waals surface area contributed by atoms with Crippen LogP contribution in [-0.4, -0.2) is 29.5 Å². The summed E-state index contributed by atoms with van der Waals surface area (Å²) < 4.78 is 40.8. The zero-order valence-electron chi connectivity index (χ0n) is 14.7. The standard InChI is InChI=1S/C19H14FN3O5S/c20-11-3-1-10(2-4-11)8-22-29(27,28)12-5-6-15-13(7-12)16-14(19(25)26)9-21-17(16)18(24)23-15/h1-7,9,21-22H,8H2,(H,23,24)(H,25,26). The highest BCUT2D eigenvalue weighted by atomic mass is 32.2. The Morgan fingerprint density at radius 3 is 2.55 bits per heavy atom. The number of fused-ring (bicyclic) bond motifs is 3. The molecule has 10 heteroatoms. The summed E-state index contributed by atoms with van der Waals surface area (Å²) in [4.78, 5) is 28.8. The van der Waals surface area contributed by atoms with E-state index in [1.165, 1.54) is 48.7 Å². The van der Waals surface area contributed by atoms with Crippen molar-refractivity contribution in [1.29, 1.82) is 0 Å². The average molecular weight is 415 g/mol. The van der Waals surface area contributed by atoms with Gasteiger partial charge in [-0.05, 0) is 35.9 Å². The number of rotatable bonds is 5. The van der Waals surface area contributed by atoms with Gasteiger partial charge in [-0.15, -0.1) is 0 Å². The van der Waals surface area contributed by atoms with E-state index in [4.69, 9.17) is 0 Å². The Labute approximate surface area is 163 Å². The SMILES string of the molecule is O=C(O)c1c[nH]c2c(=O)[nH]c3ccc(S(=O)(=O)NCc4ccc(F)cc4)cc3c12. The van der Waals surface area contributed by atoms with E-state index >= 15 is 0 Å². The van der Waals surface area contributed by atoms with Crippen LogP contribution >= 0.6 is 0 Å². The monoisotopic (exact) mass is 415 g/mol. The smallest absolute Gasteiger partial charge is 0.337 e. The number of aromatic amines is 2. The summed E-state index contributed by atoms with van der Waals surface area (Å²) >= 11 is 0. The Balaban J connectivity index is 1.79. The molecular weight excluding hydrogens is 401 g/mol. The van der Waals surface area contributed by atoms with Gasteiger partial charge in [0.25, 0.3) is 5.56 Å². The maximum absolute atomic E-state index is 13.0. The van der Waals surface area contributed by atoms with Gasteiger partial charge in [0, 0.05) is 29.0 Å². The van der Waals surface area contributed by atoms with E-state index in [2.05, 4.69) is 14.7 Å². The fourth-order valence-corrected chi connectivity index (χ4v) is 4.15. The van der Waals surface area contributed by atoms with E-state index in [9.17, 15) is 27.5 Å². The highest BCUT2D eigenvalue weighted by molar-refractivity contribution is 7.89. The third-order valence-electron chi connectivity index (χ3n) is 4.54.